The van der Waals surface area contributed by atoms with Crippen molar-refractivity contribution in [2.45, 2.75) is 39.2 Å². The monoisotopic (exact) mass is 404 g/mol. The molecule has 0 heterocycles. The SMILES string of the molecule is CCCCCCOc1ccc(C(=O)Oc2ccc(OCc3ccccc3)cc2)cc1. The minimum absolute atomic E-state index is 0.401. The van der Waals surface area contributed by atoms with Crippen LogP contribution >= 0.6 is 0 Å². The highest BCUT2D eigenvalue weighted by Gasteiger charge is 2.09. The number of ether oxygens (including phenoxy) is 3. The highest BCUT2D eigenvalue weighted by molar-refractivity contribution is 5.91. The van der Waals surface area contributed by atoms with E-state index in [0.717, 1.165) is 23.5 Å². The van der Waals surface area contributed by atoms with Gasteiger partial charge in [-0.2, -0.15) is 0 Å². The lowest BCUT2D eigenvalue weighted by molar-refractivity contribution is 0.0734. The molecule has 156 valence electrons. The van der Waals surface area contributed by atoms with Crippen LogP contribution in [0.5, 0.6) is 17.2 Å². The molecule has 4 nitrogen and oxygen atoms in total. The van der Waals surface area contributed by atoms with Gasteiger partial charge < -0.3 is 14.2 Å². The first-order chi connectivity index (χ1) is 14.7. The molecule has 0 saturated heterocycles. The van der Waals surface area contributed by atoms with Crippen molar-refractivity contribution < 1.29 is 19.0 Å². The molecule has 0 unspecified atom stereocenters. The van der Waals surface area contributed by atoms with Crippen molar-refractivity contribution in [2.24, 2.45) is 0 Å². The zero-order valence-electron chi connectivity index (χ0n) is 17.4. The standard InChI is InChI=1S/C26H28O4/c1-2-3-4-8-19-28-23-13-11-22(12-14-23)26(27)30-25-17-15-24(16-18-25)29-20-21-9-6-5-7-10-21/h5-7,9-18H,2-4,8,19-20H2,1H3. The van der Waals surface area contributed by atoms with E-state index in [2.05, 4.69) is 6.92 Å². The molecule has 0 amide bonds. The van der Waals surface area contributed by atoms with Crippen molar-refractivity contribution in [3.05, 3.63) is 90.0 Å². The van der Waals surface area contributed by atoms with Gasteiger partial charge in [-0.1, -0.05) is 56.5 Å². The topological polar surface area (TPSA) is 44.8 Å². The van der Waals surface area contributed by atoms with Gasteiger partial charge in [0.25, 0.3) is 0 Å². The summed E-state index contributed by atoms with van der Waals surface area (Å²) in [6, 6.07) is 24.1. The maximum Gasteiger partial charge on any atom is 0.343 e. The molecule has 0 fully saturated rings. The predicted molar refractivity (Wildman–Crippen MR) is 118 cm³/mol. The largest absolute Gasteiger partial charge is 0.494 e. The molecule has 0 radical (unpaired) electrons. The van der Waals surface area contributed by atoms with Crippen LogP contribution in [-0.2, 0) is 6.61 Å². The van der Waals surface area contributed by atoms with E-state index in [1.54, 1.807) is 48.5 Å². The Labute approximate surface area is 178 Å². The van der Waals surface area contributed by atoms with E-state index in [9.17, 15) is 4.79 Å². The molecule has 0 aromatic heterocycles. The number of carbonyl (C=O) groups excluding carboxylic acids is 1. The van der Waals surface area contributed by atoms with Gasteiger partial charge in [0.05, 0.1) is 12.2 Å². The van der Waals surface area contributed by atoms with Crippen LogP contribution in [0.2, 0.25) is 0 Å². The predicted octanol–water partition coefficient (Wildman–Crippen LogP) is 6.44. The van der Waals surface area contributed by atoms with Crippen LogP contribution in [0.3, 0.4) is 0 Å². The molecule has 3 aromatic rings. The third-order valence-corrected chi connectivity index (χ3v) is 4.64. The van der Waals surface area contributed by atoms with Gasteiger partial charge in [-0.05, 0) is 60.5 Å². The van der Waals surface area contributed by atoms with Crippen molar-refractivity contribution in [1.29, 1.82) is 0 Å². The van der Waals surface area contributed by atoms with Crippen LogP contribution in [-0.4, -0.2) is 12.6 Å². The zero-order valence-corrected chi connectivity index (χ0v) is 17.4. The van der Waals surface area contributed by atoms with Crippen LogP contribution in [0.4, 0.5) is 0 Å². The summed E-state index contributed by atoms with van der Waals surface area (Å²) in [6.07, 6.45) is 4.66. The Bertz CT molecular complexity index is 887. The Kier molecular flexibility index (Phi) is 8.34. The fourth-order valence-corrected chi connectivity index (χ4v) is 2.92. The summed E-state index contributed by atoms with van der Waals surface area (Å²) >= 11 is 0. The van der Waals surface area contributed by atoms with E-state index in [0.29, 0.717) is 24.5 Å². The third-order valence-electron chi connectivity index (χ3n) is 4.64. The molecule has 30 heavy (non-hydrogen) atoms. The lowest BCUT2D eigenvalue weighted by Crippen LogP contribution is -2.08. The third kappa shape index (κ3) is 6.96. The van der Waals surface area contributed by atoms with Crippen LogP contribution in [0.25, 0.3) is 0 Å². The van der Waals surface area contributed by atoms with E-state index < -0.39 is 5.97 Å². The second-order valence-electron chi connectivity index (χ2n) is 7.07. The normalized spacial score (nSPS) is 10.4. The lowest BCUT2D eigenvalue weighted by Gasteiger charge is -2.09. The maximum absolute atomic E-state index is 12.4. The second kappa shape index (κ2) is 11.7. The lowest BCUT2D eigenvalue weighted by atomic mass is 10.2. The first-order valence-corrected chi connectivity index (χ1v) is 10.5. The van der Waals surface area contributed by atoms with Crippen molar-refractivity contribution in [3.63, 3.8) is 0 Å². The smallest absolute Gasteiger partial charge is 0.343 e. The minimum Gasteiger partial charge on any atom is -0.494 e. The summed E-state index contributed by atoms with van der Waals surface area (Å²) < 4.78 is 16.9. The van der Waals surface area contributed by atoms with E-state index in [-0.39, 0.29) is 0 Å². The summed E-state index contributed by atoms with van der Waals surface area (Å²) in [5.74, 6) is 1.56. The molecule has 0 spiro atoms. The Balaban J connectivity index is 1.45. The van der Waals surface area contributed by atoms with E-state index >= 15 is 0 Å². The van der Waals surface area contributed by atoms with Gasteiger partial charge in [0, 0.05) is 0 Å². The van der Waals surface area contributed by atoms with Crippen molar-refractivity contribution in [2.75, 3.05) is 6.61 Å². The van der Waals surface area contributed by atoms with Gasteiger partial charge in [0.1, 0.15) is 23.9 Å². The van der Waals surface area contributed by atoms with Gasteiger partial charge in [0.2, 0.25) is 0 Å². The molecule has 0 aliphatic heterocycles. The van der Waals surface area contributed by atoms with Gasteiger partial charge >= 0.3 is 5.97 Å². The van der Waals surface area contributed by atoms with E-state index in [1.807, 2.05) is 30.3 Å². The van der Waals surface area contributed by atoms with Gasteiger partial charge in [-0.15, -0.1) is 0 Å². The molecule has 0 bridgehead atoms. The number of esters is 1. The molecule has 0 aliphatic carbocycles. The average Bonchev–Trinajstić information content (AvgIpc) is 2.79. The first-order valence-electron chi connectivity index (χ1n) is 10.5. The number of unbranched alkanes of at least 4 members (excludes halogenated alkanes) is 3. The van der Waals surface area contributed by atoms with Crippen LogP contribution in [0.15, 0.2) is 78.9 Å². The summed E-state index contributed by atoms with van der Waals surface area (Å²) in [6.45, 7) is 3.38. The molecule has 3 rings (SSSR count). The second-order valence-corrected chi connectivity index (χ2v) is 7.07. The van der Waals surface area contributed by atoms with Crippen molar-refractivity contribution in [1.82, 2.24) is 0 Å². The molecule has 4 heteroatoms. The van der Waals surface area contributed by atoms with Gasteiger partial charge in [0.15, 0.2) is 0 Å². The number of benzene rings is 3. The highest BCUT2D eigenvalue weighted by Crippen LogP contribution is 2.20. The Morgan fingerprint density at radius 3 is 2.03 bits per heavy atom. The van der Waals surface area contributed by atoms with Crippen molar-refractivity contribution in [3.8, 4) is 17.2 Å². The van der Waals surface area contributed by atoms with Gasteiger partial charge in [-0.25, -0.2) is 4.79 Å². The quantitative estimate of drug-likeness (QED) is 0.209. The number of carbonyl (C=O) groups is 1. The summed E-state index contributed by atoms with van der Waals surface area (Å²) in [4.78, 5) is 12.4. The highest BCUT2D eigenvalue weighted by atomic mass is 16.5. The summed E-state index contributed by atoms with van der Waals surface area (Å²) in [5.41, 5.74) is 1.58. The minimum atomic E-state index is -0.401. The first kappa shape index (κ1) is 21.4. The summed E-state index contributed by atoms with van der Waals surface area (Å²) in [5, 5.41) is 0. The zero-order chi connectivity index (χ0) is 21.0. The van der Waals surface area contributed by atoms with Crippen LogP contribution in [0, 0.1) is 0 Å². The molecule has 3 aromatic carbocycles. The number of hydrogen-bond acceptors (Lipinski definition) is 4. The number of hydrogen-bond donors (Lipinski definition) is 0. The fraction of sp³-hybridized carbons (Fsp3) is 0.269. The van der Waals surface area contributed by atoms with Crippen LogP contribution in [0.1, 0.15) is 48.5 Å². The molecule has 0 N–H and O–H groups in total. The maximum atomic E-state index is 12.4. The van der Waals surface area contributed by atoms with Crippen LogP contribution < -0.4 is 14.2 Å². The molecule has 0 saturated carbocycles. The Hall–Kier alpha value is -3.27. The molecular formula is C26H28O4. The summed E-state index contributed by atoms with van der Waals surface area (Å²) in [7, 11) is 0. The Morgan fingerprint density at radius 1 is 0.700 bits per heavy atom. The Morgan fingerprint density at radius 2 is 1.33 bits per heavy atom. The van der Waals surface area contributed by atoms with Crippen molar-refractivity contribution >= 4 is 5.97 Å². The van der Waals surface area contributed by atoms with Gasteiger partial charge in [-0.3, -0.25) is 0 Å². The molecular weight excluding hydrogens is 376 g/mol. The molecule has 0 aliphatic rings. The van der Waals surface area contributed by atoms with E-state index in [4.69, 9.17) is 14.2 Å². The average molecular weight is 405 g/mol. The molecule has 0 atom stereocenters. The number of rotatable bonds is 11. The van der Waals surface area contributed by atoms with E-state index in [1.165, 1.54) is 19.3 Å². The fourth-order valence-electron chi connectivity index (χ4n) is 2.92.